The molecule has 0 atom stereocenters. The topological polar surface area (TPSA) is 63.2 Å². The summed E-state index contributed by atoms with van der Waals surface area (Å²) in [5.41, 5.74) is -0.594. The summed E-state index contributed by atoms with van der Waals surface area (Å²) in [7, 11) is 0.636. The summed E-state index contributed by atoms with van der Waals surface area (Å²) in [6, 6.07) is 0.924. The van der Waals surface area contributed by atoms with Crippen molar-refractivity contribution in [3.63, 3.8) is 0 Å². The second kappa shape index (κ2) is 6.27. The molecule has 0 unspecified atom stereocenters. The molecule has 8 heteroatoms. The zero-order chi connectivity index (χ0) is 16.4. The molecule has 1 amide bonds. The smallest absolute Gasteiger partial charge is 0.264 e. The Morgan fingerprint density at radius 1 is 1.24 bits per heavy atom. The van der Waals surface area contributed by atoms with Crippen LogP contribution in [0.2, 0.25) is 0 Å². The van der Waals surface area contributed by atoms with Crippen molar-refractivity contribution in [3.05, 3.63) is 29.3 Å². The lowest BCUT2D eigenvalue weighted by molar-refractivity contribution is 0.0945. The molecule has 1 rings (SSSR count). The number of hydrogen-bond donors (Lipinski definition) is 1. The summed E-state index contributed by atoms with van der Waals surface area (Å²) in [5.74, 6) is -3.31. The fourth-order valence-corrected chi connectivity index (χ4v) is 2.44. The number of hydrogen-bond acceptors (Lipinski definition) is 3. The largest absolute Gasteiger partial charge is 0.352 e. The van der Waals surface area contributed by atoms with Crippen molar-refractivity contribution in [2.45, 2.75) is 32.1 Å². The van der Waals surface area contributed by atoms with Crippen LogP contribution in [-0.2, 0) is 9.05 Å². The van der Waals surface area contributed by atoms with Crippen molar-refractivity contribution in [2.75, 3.05) is 6.54 Å². The van der Waals surface area contributed by atoms with Crippen LogP contribution in [0.1, 0.15) is 37.6 Å². The first kappa shape index (κ1) is 17.8. The Balaban J connectivity index is 3.00. The first-order valence-electron chi connectivity index (χ1n) is 6.14. The van der Waals surface area contributed by atoms with Gasteiger partial charge in [-0.2, -0.15) is 0 Å². The van der Waals surface area contributed by atoms with Crippen LogP contribution in [0.5, 0.6) is 0 Å². The molecule has 0 aliphatic rings. The minimum atomic E-state index is -4.40. The highest BCUT2D eigenvalue weighted by Gasteiger charge is 2.22. The zero-order valence-corrected chi connectivity index (χ0v) is 13.4. The summed E-state index contributed by atoms with van der Waals surface area (Å²) < 4.78 is 49.3. The molecular formula is C13H16ClF2NO3S. The SMILES string of the molecule is CC(C)(C)CCNC(=O)c1cc(S(=O)(=O)Cl)c(F)cc1F. The summed E-state index contributed by atoms with van der Waals surface area (Å²) in [5, 5.41) is 2.46. The van der Waals surface area contributed by atoms with Gasteiger partial charge in [0.15, 0.2) is 0 Å². The van der Waals surface area contributed by atoms with Crippen LogP contribution in [0.15, 0.2) is 17.0 Å². The third-order valence-electron chi connectivity index (χ3n) is 2.69. The van der Waals surface area contributed by atoms with E-state index in [2.05, 4.69) is 5.32 Å². The second-order valence-electron chi connectivity index (χ2n) is 5.77. The van der Waals surface area contributed by atoms with E-state index in [1.54, 1.807) is 0 Å². The molecular weight excluding hydrogens is 324 g/mol. The molecule has 1 aromatic carbocycles. The fraction of sp³-hybridized carbons (Fsp3) is 0.462. The predicted molar refractivity (Wildman–Crippen MR) is 75.8 cm³/mol. The number of benzene rings is 1. The molecule has 0 radical (unpaired) electrons. The van der Waals surface area contributed by atoms with Crippen molar-refractivity contribution in [2.24, 2.45) is 5.41 Å². The molecule has 0 fully saturated rings. The van der Waals surface area contributed by atoms with Gasteiger partial charge in [0.2, 0.25) is 0 Å². The minimum absolute atomic E-state index is 0.0285. The van der Waals surface area contributed by atoms with E-state index >= 15 is 0 Å². The Labute approximate surface area is 126 Å². The number of amides is 1. The molecule has 0 aliphatic carbocycles. The van der Waals surface area contributed by atoms with Crippen molar-refractivity contribution in [3.8, 4) is 0 Å². The van der Waals surface area contributed by atoms with Gasteiger partial charge in [0.25, 0.3) is 15.0 Å². The van der Waals surface area contributed by atoms with E-state index in [-0.39, 0.29) is 12.0 Å². The maximum absolute atomic E-state index is 13.6. The third-order valence-corrected chi connectivity index (χ3v) is 4.03. The Bertz CT molecular complexity index is 654. The van der Waals surface area contributed by atoms with E-state index in [1.807, 2.05) is 20.8 Å². The van der Waals surface area contributed by atoms with Gasteiger partial charge in [-0.3, -0.25) is 4.79 Å². The van der Waals surface area contributed by atoms with Crippen LogP contribution < -0.4 is 5.32 Å². The maximum atomic E-state index is 13.6. The minimum Gasteiger partial charge on any atom is -0.352 e. The van der Waals surface area contributed by atoms with Crippen molar-refractivity contribution < 1.29 is 22.0 Å². The van der Waals surface area contributed by atoms with E-state index in [0.29, 0.717) is 18.6 Å². The second-order valence-corrected chi connectivity index (χ2v) is 8.30. The first-order valence-corrected chi connectivity index (χ1v) is 8.44. The Morgan fingerprint density at radius 3 is 2.29 bits per heavy atom. The van der Waals surface area contributed by atoms with Crippen LogP contribution in [0, 0.1) is 17.0 Å². The Hall–Kier alpha value is -1.21. The number of halogens is 3. The van der Waals surface area contributed by atoms with Gasteiger partial charge in [0.1, 0.15) is 16.5 Å². The standard InChI is InChI=1S/C13H16ClF2NO3S/c1-13(2,3)4-5-17-12(18)8-6-11(21(14,19)20)10(16)7-9(8)15/h6-7H,4-5H2,1-3H3,(H,17,18). The quantitative estimate of drug-likeness (QED) is 0.857. The molecule has 0 heterocycles. The monoisotopic (exact) mass is 339 g/mol. The number of carbonyl (C=O) groups is 1. The van der Waals surface area contributed by atoms with E-state index in [0.717, 1.165) is 0 Å². The normalized spacial score (nSPS) is 12.3. The Kier molecular flexibility index (Phi) is 5.33. The van der Waals surface area contributed by atoms with Crippen LogP contribution in [0.25, 0.3) is 0 Å². The maximum Gasteiger partial charge on any atom is 0.264 e. The highest BCUT2D eigenvalue weighted by Crippen LogP contribution is 2.23. The van der Waals surface area contributed by atoms with Gasteiger partial charge in [-0.15, -0.1) is 0 Å². The van der Waals surface area contributed by atoms with Gasteiger partial charge in [0, 0.05) is 23.3 Å². The van der Waals surface area contributed by atoms with Gasteiger partial charge in [-0.05, 0) is 17.9 Å². The van der Waals surface area contributed by atoms with Gasteiger partial charge < -0.3 is 5.32 Å². The lowest BCUT2D eigenvalue weighted by atomic mass is 9.92. The summed E-state index contributed by atoms with van der Waals surface area (Å²) in [4.78, 5) is 10.9. The molecule has 0 saturated heterocycles. The summed E-state index contributed by atoms with van der Waals surface area (Å²) >= 11 is 0. The molecule has 1 aromatic rings. The molecule has 21 heavy (non-hydrogen) atoms. The fourth-order valence-electron chi connectivity index (χ4n) is 1.54. The average Bonchev–Trinajstić information content (AvgIpc) is 2.24. The predicted octanol–water partition coefficient (Wildman–Crippen LogP) is 3.06. The lowest BCUT2D eigenvalue weighted by Crippen LogP contribution is -2.28. The first-order chi connectivity index (χ1) is 9.42. The van der Waals surface area contributed by atoms with Crippen molar-refractivity contribution in [1.29, 1.82) is 0 Å². The Morgan fingerprint density at radius 2 is 1.81 bits per heavy atom. The summed E-state index contributed by atoms with van der Waals surface area (Å²) in [6.07, 6.45) is 0.641. The highest BCUT2D eigenvalue weighted by molar-refractivity contribution is 8.13. The molecule has 0 spiro atoms. The van der Waals surface area contributed by atoms with Gasteiger partial charge in [0.05, 0.1) is 5.56 Å². The van der Waals surface area contributed by atoms with Crippen molar-refractivity contribution in [1.82, 2.24) is 5.32 Å². The molecule has 0 saturated carbocycles. The third kappa shape index (κ3) is 5.24. The lowest BCUT2D eigenvalue weighted by Gasteiger charge is -2.18. The van der Waals surface area contributed by atoms with Crippen LogP contribution in [-0.4, -0.2) is 20.9 Å². The molecule has 118 valence electrons. The van der Waals surface area contributed by atoms with Gasteiger partial charge in [-0.25, -0.2) is 17.2 Å². The number of nitrogens with one attached hydrogen (secondary N) is 1. The van der Waals surface area contributed by atoms with E-state index in [1.165, 1.54) is 0 Å². The molecule has 0 aliphatic heterocycles. The molecule has 0 aromatic heterocycles. The molecule has 0 bridgehead atoms. The summed E-state index contributed by atoms with van der Waals surface area (Å²) in [6.45, 7) is 6.18. The van der Waals surface area contributed by atoms with E-state index in [4.69, 9.17) is 10.7 Å². The van der Waals surface area contributed by atoms with Gasteiger partial charge in [-0.1, -0.05) is 20.8 Å². The number of rotatable bonds is 4. The van der Waals surface area contributed by atoms with Crippen LogP contribution >= 0.6 is 10.7 Å². The van der Waals surface area contributed by atoms with Crippen molar-refractivity contribution >= 4 is 25.6 Å². The molecule has 1 N–H and O–H groups in total. The molecule has 4 nitrogen and oxygen atoms in total. The number of carbonyl (C=O) groups excluding carboxylic acids is 1. The van der Waals surface area contributed by atoms with E-state index < -0.39 is 37.1 Å². The van der Waals surface area contributed by atoms with Gasteiger partial charge >= 0.3 is 0 Å². The highest BCUT2D eigenvalue weighted by atomic mass is 35.7. The zero-order valence-electron chi connectivity index (χ0n) is 11.8. The van der Waals surface area contributed by atoms with Crippen LogP contribution in [0.3, 0.4) is 0 Å². The van der Waals surface area contributed by atoms with Crippen LogP contribution in [0.4, 0.5) is 8.78 Å². The average molecular weight is 340 g/mol. The van der Waals surface area contributed by atoms with E-state index in [9.17, 15) is 22.0 Å².